The number of aliphatic carboxylic acids is 1. The lowest BCUT2D eigenvalue weighted by Gasteiger charge is -2.45. The van der Waals surface area contributed by atoms with Crippen LogP contribution in [0.15, 0.2) is 60.7 Å². The van der Waals surface area contributed by atoms with Crippen molar-refractivity contribution >= 4 is 23.3 Å². The number of nitrogens with one attached hydrogen (secondary N) is 1. The van der Waals surface area contributed by atoms with Crippen LogP contribution in [0.2, 0.25) is 1.41 Å². The third-order valence-electron chi connectivity index (χ3n) is 7.74. The second-order valence-electron chi connectivity index (χ2n) is 11.9. The van der Waals surface area contributed by atoms with Crippen molar-refractivity contribution in [3.63, 3.8) is 0 Å². The highest BCUT2D eigenvalue weighted by molar-refractivity contribution is 6.24. The van der Waals surface area contributed by atoms with E-state index in [0.717, 1.165) is 19.5 Å². The maximum atomic E-state index is 14.7. The van der Waals surface area contributed by atoms with E-state index in [1.807, 2.05) is 49.1 Å². The molecule has 2 aromatic rings. The molecule has 0 aliphatic rings. The van der Waals surface area contributed by atoms with E-state index in [-0.39, 0.29) is 5.92 Å². The average molecular weight is 584 g/mol. The van der Waals surface area contributed by atoms with Gasteiger partial charge in [0.15, 0.2) is 17.1 Å². The summed E-state index contributed by atoms with van der Waals surface area (Å²) in [5.41, 5.74) is -4.81. The summed E-state index contributed by atoms with van der Waals surface area (Å²) in [6.45, 7) is 8.53. The molecule has 0 saturated carbocycles. The monoisotopic (exact) mass is 583 g/mol. The number of benzene rings is 2. The number of carbonyl (C=O) groups excluding carboxylic acids is 3. The van der Waals surface area contributed by atoms with Crippen molar-refractivity contribution in [3.05, 3.63) is 71.8 Å². The van der Waals surface area contributed by atoms with Crippen LogP contribution in [0.4, 0.5) is 0 Å². The van der Waals surface area contributed by atoms with Crippen molar-refractivity contribution < 1.29 is 35.9 Å². The molecule has 2 rings (SSSR count). The first kappa shape index (κ1) is 33.3. The molecule has 2 unspecified atom stereocenters. The Morgan fingerprint density at radius 1 is 0.929 bits per heavy atom. The fourth-order valence-electron chi connectivity index (χ4n) is 5.70. The molecule has 0 aliphatic heterocycles. The number of carboxylic acid groups (broad SMARTS) is 1. The molecule has 0 aromatic heterocycles. The van der Waals surface area contributed by atoms with E-state index in [1.165, 1.54) is 12.1 Å². The smallest absolute Gasteiger partial charge is 0.344 e. The molecule has 42 heavy (non-hydrogen) atoms. The quantitative estimate of drug-likeness (QED) is 0.207. The van der Waals surface area contributed by atoms with Crippen LogP contribution in [0.1, 0.15) is 52.2 Å². The van der Waals surface area contributed by atoms with E-state index >= 15 is 0 Å². The van der Waals surface area contributed by atoms with Crippen molar-refractivity contribution in [3.8, 4) is 0 Å². The van der Waals surface area contributed by atoms with E-state index < -0.39 is 64.9 Å². The predicted molar refractivity (Wildman–Crippen MR) is 161 cm³/mol. The summed E-state index contributed by atoms with van der Waals surface area (Å²) in [6, 6.07) is 16.5. The number of hydrogen-bond donors (Lipinski definition) is 4. The van der Waals surface area contributed by atoms with Gasteiger partial charge in [0.1, 0.15) is 7.52 Å². The molecule has 0 saturated heterocycles. The number of nitrogens with zero attached hydrogens (tertiary/aromatic N) is 1. The van der Waals surface area contributed by atoms with Gasteiger partial charge in [-0.3, -0.25) is 19.3 Å². The number of aliphatic hydroxyl groups excluding tert-OH is 1. The molecule has 230 valence electrons. The summed E-state index contributed by atoms with van der Waals surface area (Å²) in [4.78, 5) is 57.8. The highest BCUT2D eigenvalue weighted by Crippen LogP contribution is 2.36. The molecule has 0 fully saturated rings. The second-order valence-corrected chi connectivity index (χ2v) is 11.9. The van der Waals surface area contributed by atoms with E-state index in [9.17, 15) is 34.5 Å². The van der Waals surface area contributed by atoms with Gasteiger partial charge in [0, 0.05) is 13.0 Å². The lowest BCUT2D eigenvalue weighted by Crippen LogP contribution is -2.74. The number of likely N-dealkylation sites (N-methyl/N-ethyl adjacent to an activating group) is 2. The molecule has 0 amide bonds. The first-order chi connectivity index (χ1) is 20.0. The van der Waals surface area contributed by atoms with Gasteiger partial charge in [0.2, 0.25) is 11.4 Å². The molecular formula is C33H46N2O7. The van der Waals surface area contributed by atoms with Crippen molar-refractivity contribution in [1.82, 2.24) is 10.2 Å². The zero-order chi connectivity index (χ0) is 32.7. The largest absolute Gasteiger partial charge is 0.479 e. The first-order valence-electron chi connectivity index (χ1n) is 14.7. The first-order valence-corrected chi connectivity index (χ1v) is 14.3. The third kappa shape index (κ3) is 7.58. The van der Waals surface area contributed by atoms with Gasteiger partial charge in [0.05, 0.1) is 12.0 Å². The van der Waals surface area contributed by atoms with Crippen LogP contribution >= 0.6 is 0 Å². The number of hydrogen-bond acceptors (Lipinski definition) is 8. The summed E-state index contributed by atoms with van der Waals surface area (Å²) in [6.07, 6.45) is -2.23. The zero-order valence-electron chi connectivity index (χ0n) is 26.7. The Labute approximate surface area is 250 Å². The minimum absolute atomic E-state index is 0.0142. The fourth-order valence-corrected chi connectivity index (χ4v) is 5.70. The van der Waals surface area contributed by atoms with Gasteiger partial charge in [0.25, 0.3) is 0 Å². The normalized spacial score (nSPS) is 17.3. The molecule has 5 atom stereocenters. The van der Waals surface area contributed by atoms with E-state index in [0.29, 0.717) is 23.8 Å². The maximum Gasteiger partial charge on any atom is 0.344 e. The molecule has 0 radical (unpaired) electrons. The highest BCUT2D eigenvalue weighted by atomic mass is 16.4. The number of aliphatic hydroxyl groups is 2. The molecule has 9 nitrogen and oxygen atoms in total. The van der Waals surface area contributed by atoms with Gasteiger partial charge in [-0.15, -0.1) is 0 Å². The van der Waals surface area contributed by atoms with Crippen LogP contribution in [-0.4, -0.2) is 80.9 Å². The summed E-state index contributed by atoms with van der Waals surface area (Å²) in [5, 5.41) is 32.9. The van der Waals surface area contributed by atoms with Gasteiger partial charge < -0.3 is 20.6 Å². The minimum Gasteiger partial charge on any atom is -0.479 e. The summed E-state index contributed by atoms with van der Waals surface area (Å²) >= 11 is 0. The Kier molecular flexibility index (Phi) is 11.7. The molecule has 0 bridgehead atoms. The van der Waals surface area contributed by atoms with Gasteiger partial charge in [-0.25, -0.2) is 4.79 Å². The molecule has 2 aromatic carbocycles. The molecule has 0 heterocycles. The van der Waals surface area contributed by atoms with Crippen molar-refractivity contribution in [2.45, 2.75) is 77.3 Å². The van der Waals surface area contributed by atoms with E-state index in [1.54, 1.807) is 39.1 Å². The molecule has 4 N–H and O–H groups in total. The van der Waals surface area contributed by atoms with Crippen molar-refractivity contribution in [2.75, 3.05) is 14.1 Å². The standard InChI is InChI=1S/C33H46N2O7/c1-21(2)18-26(35(7)20-25-16-12-9-13-17-25)28(37)27(22(3)4)33(34-6,29(38)23(5)36)30(39)32(42,31(40)41)19-24-14-10-8-11-15-24/h8-17,21-23,26-27,34,36,42H,18-20H2,1-7H3,(H,40,41)/t23-,26+,27?,32?,33-/m1/s1/i/hD. The minimum atomic E-state index is -3.20. The van der Waals surface area contributed by atoms with Crippen LogP contribution in [-0.2, 0) is 32.1 Å². The van der Waals surface area contributed by atoms with Crippen molar-refractivity contribution in [1.29, 1.82) is 0 Å². The topological polar surface area (TPSA) is 144 Å². The Morgan fingerprint density at radius 3 is 1.83 bits per heavy atom. The van der Waals surface area contributed by atoms with Crippen LogP contribution in [0.25, 0.3) is 0 Å². The lowest BCUT2D eigenvalue weighted by atomic mass is 9.63. The number of carboxylic acids is 1. The number of rotatable bonds is 17. The van der Waals surface area contributed by atoms with Crippen molar-refractivity contribution in [2.24, 2.45) is 17.8 Å². The summed E-state index contributed by atoms with van der Waals surface area (Å²) in [5.74, 6) is -7.61. The van der Waals surface area contributed by atoms with Crippen LogP contribution in [0.3, 0.4) is 0 Å². The number of Topliss-reactive ketones (excluding diaryl/α,β-unsaturated/α-hetero) is 3. The Balaban J connectivity index is 2.83. The molecular weight excluding hydrogens is 536 g/mol. The predicted octanol–water partition coefficient (Wildman–Crippen LogP) is 2.91. The van der Waals surface area contributed by atoms with Crippen LogP contribution in [0, 0.1) is 17.8 Å². The van der Waals surface area contributed by atoms with Gasteiger partial charge in [-0.05, 0) is 50.4 Å². The lowest BCUT2D eigenvalue weighted by molar-refractivity contribution is -0.173. The SMILES string of the molecule is [2H]N(C)[C@](C(=O)[C@@H](C)O)(C(=O)C(O)(Cc1ccccc1)C(=O)O)C(C(=O)[C@H](CC(C)C)N(C)Cc1ccccc1)C(C)C. The second kappa shape index (κ2) is 14.8. The van der Waals surface area contributed by atoms with Gasteiger partial charge in [-0.2, -0.15) is 0 Å². The number of carbonyl (C=O) groups is 4. The maximum absolute atomic E-state index is 14.7. The molecule has 0 aliphatic carbocycles. The van der Waals surface area contributed by atoms with E-state index in [2.05, 4.69) is 0 Å². The Bertz CT molecular complexity index is 1250. The molecule has 9 heteroatoms. The van der Waals surface area contributed by atoms with Crippen LogP contribution in [0.5, 0.6) is 0 Å². The Hall–Kier alpha value is -3.24. The fraction of sp³-hybridized carbons (Fsp3) is 0.515. The van der Waals surface area contributed by atoms with Gasteiger partial charge >= 0.3 is 5.97 Å². The zero-order valence-corrected chi connectivity index (χ0v) is 25.7. The van der Waals surface area contributed by atoms with Crippen LogP contribution < -0.4 is 5.31 Å². The summed E-state index contributed by atoms with van der Waals surface area (Å²) in [7, 11) is 2.82. The van der Waals surface area contributed by atoms with E-state index in [4.69, 9.17) is 1.41 Å². The van der Waals surface area contributed by atoms with Gasteiger partial charge in [-0.1, -0.05) is 88.4 Å². The highest BCUT2D eigenvalue weighted by Gasteiger charge is 2.63. The number of ketones is 3. The molecule has 0 spiro atoms. The third-order valence-corrected chi connectivity index (χ3v) is 7.74. The summed E-state index contributed by atoms with van der Waals surface area (Å²) < 4.78 is 8.73. The Morgan fingerprint density at radius 2 is 1.43 bits per heavy atom. The average Bonchev–Trinajstić information content (AvgIpc) is 2.93.